The zero-order chi connectivity index (χ0) is 14.1. The van der Waals surface area contributed by atoms with Crippen LogP contribution in [0.1, 0.15) is 60.8 Å². The first kappa shape index (κ1) is 13.5. The molecule has 0 aliphatic heterocycles. The Hall–Kier alpha value is -1.47. The van der Waals surface area contributed by atoms with Crippen LogP contribution in [-0.2, 0) is 0 Å². The van der Waals surface area contributed by atoms with Gasteiger partial charge in [0.05, 0.1) is 4.86 Å². The lowest BCUT2D eigenvalue weighted by molar-refractivity contribution is 0.511. The van der Waals surface area contributed by atoms with Crippen molar-refractivity contribution in [2.45, 2.75) is 38.5 Å². The van der Waals surface area contributed by atoms with Crippen LogP contribution in [0.15, 0.2) is 48.5 Å². The lowest BCUT2D eigenvalue weighted by atomic mass is 9.78. The van der Waals surface area contributed by atoms with Crippen LogP contribution in [0, 0.1) is 0 Å². The second-order valence-electron chi connectivity index (χ2n) is 5.53. The molecule has 20 heavy (non-hydrogen) atoms. The minimum absolute atomic E-state index is 0.567. The monoisotopic (exact) mass is 280 g/mol. The molecule has 0 saturated heterocycles. The van der Waals surface area contributed by atoms with Crippen molar-refractivity contribution in [2.75, 3.05) is 0 Å². The minimum Gasteiger partial charge on any atom is -0.0788 e. The molecule has 0 bridgehead atoms. The maximum Gasteiger partial charge on any atom is 0.0527 e. The largest absolute Gasteiger partial charge is 0.0788 e. The molecule has 2 aromatic carbocycles. The van der Waals surface area contributed by atoms with Crippen molar-refractivity contribution in [2.24, 2.45) is 0 Å². The molecule has 0 amide bonds. The van der Waals surface area contributed by atoms with E-state index in [1.807, 2.05) is 0 Å². The van der Waals surface area contributed by atoms with E-state index in [-0.39, 0.29) is 0 Å². The SMILES string of the molecule is CC[C@H]1c2ccccc2C(=S)c2ccccc2[C@@H]1CC. The molecule has 0 nitrogen and oxygen atoms in total. The van der Waals surface area contributed by atoms with E-state index in [9.17, 15) is 0 Å². The first-order valence-electron chi connectivity index (χ1n) is 7.50. The molecule has 0 spiro atoms. The molecule has 3 rings (SSSR count). The van der Waals surface area contributed by atoms with E-state index in [0.717, 1.165) is 17.7 Å². The summed E-state index contributed by atoms with van der Waals surface area (Å²) >= 11 is 5.80. The second-order valence-corrected chi connectivity index (χ2v) is 5.94. The Balaban J connectivity index is 2.30. The summed E-state index contributed by atoms with van der Waals surface area (Å²) in [6, 6.07) is 17.4. The molecule has 0 N–H and O–H groups in total. The quantitative estimate of drug-likeness (QED) is 0.659. The average molecular weight is 280 g/mol. The van der Waals surface area contributed by atoms with E-state index < -0.39 is 0 Å². The topological polar surface area (TPSA) is 0 Å². The van der Waals surface area contributed by atoms with Crippen molar-refractivity contribution in [1.82, 2.24) is 0 Å². The van der Waals surface area contributed by atoms with Crippen LogP contribution in [0.5, 0.6) is 0 Å². The van der Waals surface area contributed by atoms with Crippen molar-refractivity contribution in [3.63, 3.8) is 0 Å². The van der Waals surface area contributed by atoms with Gasteiger partial charge in [0.15, 0.2) is 0 Å². The molecule has 0 saturated carbocycles. The van der Waals surface area contributed by atoms with E-state index in [1.54, 1.807) is 0 Å². The van der Waals surface area contributed by atoms with Gasteiger partial charge in [-0.3, -0.25) is 0 Å². The van der Waals surface area contributed by atoms with E-state index in [1.165, 1.54) is 22.3 Å². The summed E-state index contributed by atoms with van der Waals surface area (Å²) in [5.41, 5.74) is 5.39. The number of hydrogen-bond donors (Lipinski definition) is 0. The molecule has 1 aliphatic carbocycles. The van der Waals surface area contributed by atoms with Gasteiger partial charge in [-0.25, -0.2) is 0 Å². The average Bonchev–Trinajstić information content (AvgIpc) is 2.61. The van der Waals surface area contributed by atoms with Gasteiger partial charge in [0, 0.05) is 0 Å². The van der Waals surface area contributed by atoms with Gasteiger partial charge in [0.1, 0.15) is 0 Å². The molecule has 0 aromatic heterocycles. The number of fused-ring (bicyclic) bond motifs is 2. The van der Waals surface area contributed by atoms with E-state index in [2.05, 4.69) is 62.4 Å². The highest BCUT2D eigenvalue weighted by molar-refractivity contribution is 7.81. The Morgan fingerprint density at radius 1 is 0.750 bits per heavy atom. The lowest BCUT2D eigenvalue weighted by Crippen LogP contribution is -2.10. The minimum atomic E-state index is 0.567. The van der Waals surface area contributed by atoms with Gasteiger partial charge in [-0.2, -0.15) is 0 Å². The summed E-state index contributed by atoms with van der Waals surface area (Å²) in [6.45, 7) is 4.59. The first-order chi connectivity index (χ1) is 9.77. The Kier molecular flexibility index (Phi) is 3.71. The summed E-state index contributed by atoms with van der Waals surface area (Å²) in [7, 11) is 0. The van der Waals surface area contributed by atoms with Gasteiger partial charge in [-0.1, -0.05) is 74.6 Å². The van der Waals surface area contributed by atoms with Crippen molar-refractivity contribution in [3.05, 3.63) is 70.8 Å². The predicted molar refractivity (Wildman–Crippen MR) is 89.8 cm³/mol. The molecule has 102 valence electrons. The number of rotatable bonds is 2. The Morgan fingerprint density at radius 3 is 1.55 bits per heavy atom. The van der Waals surface area contributed by atoms with Crippen LogP contribution in [0.25, 0.3) is 0 Å². The highest BCUT2D eigenvalue weighted by Gasteiger charge is 2.30. The summed E-state index contributed by atoms with van der Waals surface area (Å²) in [4.78, 5) is 1.02. The molecule has 0 unspecified atom stereocenters. The van der Waals surface area contributed by atoms with Crippen molar-refractivity contribution in [1.29, 1.82) is 0 Å². The molecule has 0 radical (unpaired) electrons. The van der Waals surface area contributed by atoms with Crippen molar-refractivity contribution < 1.29 is 0 Å². The highest BCUT2D eigenvalue weighted by atomic mass is 32.1. The van der Waals surface area contributed by atoms with Crippen LogP contribution in [-0.4, -0.2) is 4.86 Å². The Labute approximate surface area is 126 Å². The van der Waals surface area contributed by atoms with Gasteiger partial charge >= 0.3 is 0 Å². The summed E-state index contributed by atoms with van der Waals surface area (Å²) < 4.78 is 0. The fraction of sp³-hybridized carbons (Fsp3) is 0.316. The standard InChI is InChI=1S/C19H20S/c1-3-13-14(4-2)16-10-6-8-12-18(16)19(20)17-11-7-5-9-15(13)17/h5-14H,3-4H2,1-2H3/t13-,14-/m1/s1. The molecule has 2 aromatic rings. The lowest BCUT2D eigenvalue weighted by Gasteiger charge is -2.25. The van der Waals surface area contributed by atoms with E-state index in [0.29, 0.717) is 11.8 Å². The molecular formula is C19H20S. The molecule has 1 heteroatoms. The van der Waals surface area contributed by atoms with Crippen LogP contribution in [0.4, 0.5) is 0 Å². The summed E-state index contributed by atoms with van der Waals surface area (Å²) in [5.74, 6) is 1.13. The molecule has 0 heterocycles. The number of hydrogen-bond acceptors (Lipinski definition) is 1. The van der Waals surface area contributed by atoms with Gasteiger partial charge in [-0.15, -0.1) is 0 Å². The third-order valence-electron chi connectivity index (χ3n) is 4.58. The zero-order valence-electron chi connectivity index (χ0n) is 12.1. The van der Waals surface area contributed by atoms with Crippen LogP contribution >= 0.6 is 12.2 Å². The Morgan fingerprint density at radius 2 is 1.15 bits per heavy atom. The smallest absolute Gasteiger partial charge is 0.0527 e. The normalized spacial score (nSPS) is 21.0. The van der Waals surface area contributed by atoms with Crippen molar-refractivity contribution >= 4 is 17.1 Å². The van der Waals surface area contributed by atoms with Gasteiger partial charge in [-0.05, 0) is 46.9 Å². The second kappa shape index (κ2) is 5.49. The third-order valence-corrected chi connectivity index (χ3v) is 5.01. The third kappa shape index (κ3) is 2.01. The van der Waals surface area contributed by atoms with Gasteiger partial charge < -0.3 is 0 Å². The molecular weight excluding hydrogens is 260 g/mol. The fourth-order valence-corrected chi connectivity index (χ4v) is 4.01. The van der Waals surface area contributed by atoms with Crippen LogP contribution < -0.4 is 0 Å². The molecule has 1 aliphatic rings. The maximum atomic E-state index is 5.80. The molecule has 0 fully saturated rings. The van der Waals surface area contributed by atoms with Crippen molar-refractivity contribution in [3.8, 4) is 0 Å². The Bertz CT molecular complexity index is 586. The summed E-state index contributed by atoms with van der Waals surface area (Å²) in [5, 5.41) is 0. The van der Waals surface area contributed by atoms with E-state index in [4.69, 9.17) is 12.2 Å². The number of thiocarbonyl (C=S) groups is 1. The zero-order valence-corrected chi connectivity index (χ0v) is 12.9. The van der Waals surface area contributed by atoms with Crippen LogP contribution in [0.2, 0.25) is 0 Å². The fourth-order valence-electron chi connectivity index (χ4n) is 3.64. The first-order valence-corrected chi connectivity index (χ1v) is 7.91. The van der Waals surface area contributed by atoms with Gasteiger partial charge in [0.2, 0.25) is 0 Å². The van der Waals surface area contributed by atoms with E-state index >= 15 is 0 Å². The number of benzene rings is 2. The highest BCUT2D eigenvalue weighted by Crippen LogP contribution is 2.44. The van der Waals surface area contributed by atoms with Gasteiger partial charge in [0.25, 0.3) is 0 Å². The maximum absolute atomic E-state index is 5.80. The predicted octanol–water partition coefficient (Wildman–Crippen LogP) is 5.45. The van der Waals surface area contributed by atoms with Crippen LogP contribution in [0.3, 0.4) is 0 Å². The summed E-state index contributed by atoms with van der Waals surface area (Å²) in [6.07, 6.45) is 2.32. The molecule has 2 atom stereocenters.